The lowest BCUT2D eigenvalue weighted by molar-refractivity contribution is -0.420. The quantitative estimate of drug-likeness (QED) is 0.00889. The van der Waals surface area contributed by atoms with E-state index in [0.717, 1.165) is 40.6 Å². The van der Waals surface area contributed by atoms with Gasteiger partial charge in [-0.15, -0.1) is 11.6 Å². The third-order valence-electron chi connectivity index (χ3n) is 18.6. The topological polar surface area (TPSA) is 595 Å². The Morgan fingerprint density at radius 1 is 0.485 bits per heavy atom. The number of benzene rings is 2. The zero-order chi connectivity index (χ0) is 96.0. The number of phosphoric ester groups is 2. The van der Waals surface area contributed by atoms with Gasteiger partial charge < -0.3 is 106 Å². The first-order valence-corrected chi connectivity index (χ1v) is 43.4. The zero-order valence-corrected chi connectivity index (χ0v) is 78.2. The van der Waals surface area contributed by atoms with Gasteiger partial charge in [-0.05, 0) is 98.1 Å². The van der Waals surface area contributed by atoms with Crippen molar-refractivity contribution in [3.63, 3.8) is 0 Å². The molecule has 45 nitrogen and oxygen atoms in total. The molecule has 130 heavy (non-hydrogen) atoms. The number of ether oxygens (including phenoxy) is 15. The van der Waals surface area contributed by atoms with Gasteiger partial charge in [-0.1, -0.05) is 116 Å². The number of nitrogens with one attached hydrogen (secondary N) is 4. The van der Waals surface area contributed by atoms with Crippen LogP contribution in [0.3, 0.4) is 0 Å². The molecule has 4 aromatic rings. The van der Waals surface area contributed by atoms with E-state index in [4.69, 9.17) is 110 Å². The number of amides is 2. The van der Waals surface area contributed by atoms with E-state index in [2.05, 4.69) is 16.4 Å². The van der Waals surface area contributed by atoms with Gasteiger partial charge in [0.1, 0.15) is 43.6 Å². The van der Waals surface area contributed by atoms with Gasteiger partial charge in [-0.3, -0.25) is 47.3 Å². The second kappa shape index (κ2) is 52.3. The largest absolute Gasteiger partial charge is 1.00 e. The van der Waals surface area contributed by atoms with E-state index in [1.807, 2.05) is 9.97 Å². The average Bonchev–Trinajstić information content (AvgIpc) is 1.57. The molecule has 732 valence electrons. The summed E-state index contributed by atoms with van der Waals surface area (Å²) in [5.41, 5.74) is -9.10. The standard InChI is InChI=1S/C48H64FN4O20P.C31H48ClFN3O17P.ClH.H3N/c1-29(2)38(51-43(58)63-23-33-16-12-10-13-17-33)35(54)22-36-47(9,72-40(56)39(30(3)4)52-44(59)64-24-34-18-14-11-15-19-34)41(53-21-20-37(55)50-42(53)57)73-48(36,25-49)26-67-74(62,68-27-65-45(60)70-31(5)6)69-28-66-46(61)71-32(7)8;1-16(2)21(32)23(38)52-30(9)25(51-24(39)22(34)17(3)4)31(12-33,53-26(30)36-11-10-20(37)35-27(36)40)13-46-54(43,47-14-44-28(41)49-18(5)6)48-15-45-29(42)50-19(7)8;;/h10-21,29-32,36,38-39,41H,22-28H2,1-9H3,(H,51,58)(H,52,59)(H,50,55,57);10-11,16-19,21-22,25-26H,12-15,34H2,1-9H3,(H,35,37,40);1H;1H3/t36-,38?,39?,41+,47+,48+;21?,22?,25-,26+,30+,31+;;/m00../s1. The second-order valence-electron chi connectivity index (χ2n) is 31.6. The van der Waals surface area contributed by atoms with Crippen molar-refractivity contribution in [2.75, 3.05) is 53.7 Å². The Morgan fingerprint density at radius 2 is 0.838 bits per heavy atom. The molecule has 4 heterocycles. The van der Waals surface area contributed by atoms with Crippen molar-refractivity contribution in [2.45, 2.75) is 233 Å². The van der Waals surface area contributed by atoms with Crippen molar-refractivity contribution in [3.05, 3.63) is 138 Å². The number of nitrogens with zero attached hydrogens (tertiary/aromatic N) is 2. The smallest absolute Gasteiger partial charge is 0.510 e. The van der Waals surface area contributed by atoms with E-state index in [1.165, 1.54) is 62.3 Å². The summed E-state index contributed by atoms with van der Waals surface area (Å²) in [6.45, 7) is 16.2. The Balaban J connectivity index is 0.000000693. The number of hydrogen-bond donors (Lipinski definition) is 6. The van der Waals surface area contributed by atoms with E-state index < -0.39 is 277 Å². The summed E-state index contributed by atoms with van der Waals surface area (Å²) in [7, 11) is -10.4. The number of alkyl carbamates (subject to hydrolysis) is 2. The number of esters is 3. The van der Waals surface area contributed by atoms with Crippen LogP contribution < -0.4 is 57.4 Å². The van der Waals surface area contributed by atoms with E-state index in [0.29, 0.717) is 11.1 Å². The van der Waals surface area contributed by atoms with Gasteiger partial charge in [0, 0.05) is 42.8 Å². The Morgan fingerprint density at radius 3 is 1.18 bits per heavy atom. The van der Waals surface area contributed by atoms with Crippen LogP contribution in [0.4, 0.5) is 37.5 Å². The van der Waals surface area contributed by atoms with Crippen molar-refractivity contribution in [1.29, 1.82) is 0 Å². The highest BCUT2D eigenvalue weighted by Crippen LogP contribution is 2.58. The van der Waals surface area contributed by atoms with Crippen LogP contribution in [0, 0.1) is 29.6 Å². The second-order valence-corrected chi connectivity index (χ2v) is 35.5. The fourth-order valence-corrected chi connectivity index (χ4v) is 14.0. The lowest BCUT2D eigenvalue weighted by atomic mass is 9.74. The minimum atomic E-state index is -5.26. The predicted octanol–water partition coefficient (Wildman–Crippen LogP) is 6.63. The summed E-state index contributed by atoms with van der Waals surface area (Å²) in [5.74, 6) is -8.43. The number of carbonyl (C=O) groups excluding carboxylic acids is 10. The third-order valence-corrected chi connectivity index (χ3v) is 21.8. The van der Waals surface area contributed by atoms with Crippen molar-refractivity contribution >= 4 is 87.7 Å². The lowest BCUT2D eigenvalue weighted by Gasteiger charge is -2.39. The van der Waals surface area contributed by atoms with Crippen LogP contribution in [0.25, 0.3) is 0 Å². The number of halogens is 4. The molecule has 6 rings (SSSR count). The number of ketones is 1. The molecule has 51 heteroatoms. The Hall–Kier alpha value is -10.0. The number of quaternary nitrogens is 1. The third kappa shape index (κ3) is 34.0. The van der Waals surface area contributed by atoms with Crippen LogP contribution in [-0.4, -0.2) is 210 Å². The first-order valence-electron chi connectivity index (χ1n) is 40.0. The highest BCUT2D eigenvalue weighted by Gasteiger charge is 2.70. The first-order chi connectivity index (χ1) is 59.9. The molecule has 2 aromatic heterocycles. The number of H-pyrrole nitrogens is 2. The first kappa shape index (κ1) is 114. The Labute approximate surface area is 757 Å². The maximum absolute atomic E-state index is 16.5. The minimum Gasteiger partial charge on any atom is -1.00 e. The van der Waals surface area contributed by atoms with Crippen LogP contribution in [0.15, 0.2) is 104 Å². The minimum absolute atomic E-state index is 0. The number of phosphoric acid groups is 2. The van der Waals surface area contributed by atoms with Crippen LogP contribution in [-0.2, 0) is 140 Å². The van der Waals surface area contributed by atoms with Gasteiger partial charge in [-0.2, -0.15) is 0 Å². The molecular formula is C79H116Cl2F2N8O37P2. The van der Waals surface area contributed by atoms with Crippen molar-refractivity contribution in [1.82, 2.24) is 35.9 Å². The molecule has 4 unspecified atom stereocenters. The van der Waals surface area contributed by atoms with Gasteiger partial charge >= 0.3 is 81.7 Å². The number of aromatic nitrogens is 4. The number of hydrogen-bond acceptors (Lipinski definition) is 38. The summed E-state index contributed by atoms with van der Waals surface area (Å²) in [6, 6.07) is 15.0. The highest BCUT2D eigenvalue weighted by molar-refractivity contribution is 7.48. The maximum Gasteiger partial charge on any atom is 0.510 e. The van der Waals surface area contributed by atoms with Crippen LogP contribution >= 0.6 is 27.2 Å². The normalized spacial score (nSPS) is 20.4. The number of alkyl halides is 3. The number of rotatable bonds is 45. The van der Waals surface area contributed by atoms with Crippen LogP contribution in [0.5, 0.6) is 0 Å². The Bertz CT molecular complexity index is 4660. The molecule has 10 N–H and O–H groups in total. The summed E-state index contributed by atoms with van der Waals surface area (Å²) in [5, 5.41) is 3.67. The molecular weight excluding hydrogens is 1820 g/mol. The molecule has 2 aliphatic rings. The van der Waals surface area contributed by atoms with E-state index in [1.54, 1.807) is 116 Å². The molecule has 0 saturated carbocycles. The molecule has 2 aliphatic heterocycles. The Kier molecular flexibility index (Phi) is 45.9. The molecule has 0 spiro atoms. The average molecular weight is 1940 g/mol. The molecule has 0 bridgehead atoms. The molecule has 12 atom stereocenters. The van der Waals surface area contributed by atoms with E-state index >= 15 is 8.78 Å². The summed E-state index contributed by atoms with van der Waals surface area (Å²) in [4.78, 5) is 186. The highest BCUT2D eigenvalue weighted by atomic mass is 35.5. The number of aromatic amines is 2. The zero-order valence-electron chi connectivity index (χ0n) is 74.9. The van der Waals surface area contributed by atoms with Crippen molar-refractivity contribution in [3.8, 4) is 0 Å². The summed E-state index contributed by atoms with van der Waals surface area (Å²) in [6.07, 6.45) is -14.7. The lowest BCUT2D eigenvalue weighted by Crippen LogP contribution is -3.00. The molecule has 2 amide bonds. The molecule has 2 saturated heterocycles. The van der Waals surface area contributed by atoms with Crippen molar-refractivity contribution in [2.24, 2.45) is 29.6 Å². The number of Topliss-reactive ketones (excluding diaryl/α,β-unsaturated/α-hetero) is 1. The van der Waals surface area contributed by atoms with E-state index in [-0.39, 0.29) is 31.8 Å². The van der Waals surface area contributed by atoms with Crippen LogP contribution in [0.2, 0.25) is 0 Å². The SMILES string of the molecule is CC(C)OC(=O)OCOP(=O)(OCOC(=O)OC(C)C)OC[C@@]1(CF)O[C@@H](n2ccc(=O)[nH]c2=O)[C@](C)(OC(=O)C(Cl)C(C)C)[C@@H]1OC(=O)C([NH3+])C(C)C.CC(C)OC(=O)OCOP(=O)(OCOC(=O)OC(C)C)OC[C@@]1(CF)O[C@@H](n2ccc(=O)[nH]c2=O)[C@](C)(OC(=O)C(NC(=O)OCc2ccccc2)C(C)C)[C@@H]1CC(=O)C(NC(=O)OCc1ccccc1)C(C)C.N.[Cl-]. The van der Waals surface area contributed by atoms with Gasteiger partial charge in [0.05, 0.1) is 43.7 Å². The molecule has 2 aromatic carbocycles. The number of carbonyl (C=O) groups is 10. The van der Waals surface area contributed by atoms with Crippen molar-refractivity contribution < 1.29 is 182 Å². The molecule has 2 fully saturated rings. The van der Waals surface area contributed by atoms with Crippen LogP contribution in [0.1, 0.15) is 155 Å². The summed E-state index contributed by atoms with van der Waals surface area (Å²) < 4.78 is 173. The van der Waals surface area contributed by atoms with Gasteiger partial charge in [0.2, 0.25) is 27.2 Å². The van der Waals surface area contributed by atoms with Gasteiger partial charge in [-0.25, -0.2) is 84.0 Å². The molecule has 0 aliphatic carbocycles. The van der Waals surface area contributed by atoms with Gasteiger partial charge in [0.25, 0.3) is 11.1 Å². The van der Waals surface area contributed by atoms with Gasteiger partial charge in [0.15, 0.2) is 47.2 Å². The molecule has 0 radical (unpaired) electrons. The fourth-order valence-electron chi connectivity index (χ4n) is 12.0. The predicted molar refractivity (Wildman–Crippen MR) is 442 cm³/mol. The van der Waals surface area contributed by atoms with E-state index in [9.17, 15) is 76.3 Å². The fraction of sp³-hybridized carbons (Fsp3) is 0.620. The monoisotopic (exact) mass is 1940 g/mol. The maximum atomic E-state index is 16.5. The summed E-state index contributed by atoms with van der Waals surface area (Å²) >= 11 is 6.31.